The third kappa shape index (κ3) is 16.0. The van der Waals surface area contributed by atoms with Crippen LogP contribution in [0.25, 0.3) is 0 Å². The lowest BCUT2D eigenvalue weighted by atomic mass is 10.2. The maximum Gasteiger partial charge on any atom is 0.239 e. The van der Waals surface area contributed by atoms with Gasteiger partial charge in [0.1, 0.15) is 0 Å². The summed E-state index contributed by atoms with van der Waals surface area (Å²) in [7, 11) is 0. The minimum Gasteiger partial charge on any atom is -0.347 e. The first-order valence-electron chi connectivity index (χ1n) is 9.85. The quantitative estimate of drug-likeness (QED) is 0.432. The number of aryl methyl sites for hydroxylation is 1. The van der Waals surface area contributed by atoms with E-state index in [4.69, 9.17) is 0 Å². The monoisotopic (exact) mass is 406 g/mol. The number of carbonyl (C=O) groups is 4. The summed E-state index contributed by atoms with van der Waals surface area (Å²) >= 11 is 0. The summed E-state index contributed by atoms with van der Waals surface area (Å²) in [6.45, 7) is 7.43. The third-order valence-electron chi connectivity index (χ3n) is 3.93. The van der Waals surface area contributed by atoms with E-state index in [1.165, 1.54) is 5.56 Å². The van der Waals surface area contributed by atoms with Crippen molar-refractivity contribution in [3.8, 4) is 0 Å². The number of Topliss-reactive ketones (excluding diaryl/α,β-unsaturated/α-hetero) is 1. The number of benzene rings is 1. The second-order valence-electron chi connectivity index (χ2n) is 6.57. The standard InChI is InChI=1S/C14H26N4O4.C7H8/c1-4-10(3)15-7-12(20)17-9-14(22)18-8-13(21)16-6-11(19)5-2;1-7-5-3-2-4-6-7/h10,15H,4-9H2,1-3H3,(H,16,21)(H,17,20)(H,18,22);2-6H,1H3. The van der Waals surface area contributed by atoms with Gasteiger partial charge in [-0.3, -0.25) is 19.2 Å². The van der Waals surface area contributed by atoms with Gasteiger partial charge in [-0.2, -0.15) is 0 Å². The highest BCUT2D eigenvalue weighted by molar-refractivity contribution is 5.90. The van der Waals surface area contributed by atoms with Crippen molar-refractivity contribution in [1.29, 1.82) is 0 Å². The Bertz CT molecular complexity index is 635. The fourth-order valence-corrected chi connectivity index (χ4v) is 1.81. The zero-order valence-electron chi connectivity index (χ0n) is 17.8. The van der Waals surface area contributed by atoms with Crippen LogP contribution in [0.4, 0.5) is 0 Å². The van der Waals surface area contributed by atoms with Crippen LogP contribution in [-0.2, 0) is 19.2 Å². The molecule has 0 aliphatic rings. The molecular weight excluding hydrogens is 372 g/mol. The predicted molar refractivity (Wildman–Crippen MR) is 113 cm³/mol. The lowest BCUT2D eigenvalue weighted by molar-refractivity contribution is -0.128. The molecule has 0 saturated heterocycles. The zero-order chi connectivity index (χ0) is 22.1. The van der Waals surface area contributed by atoms with Crippen molar-refractivity contribution in [2.75, 3.05) is 26.2 Å². The Hall–Kier alpha value is -2.74. The molecule has 3 amide bonds. The minimum atomic E-state index is -0.464. The molecule has 0 aromatic heterocycles. The number of amides is 3. The minimum absolute atomic E-state index is 0.0385. The zero-order valence-corrected chi connectivity index (χ0v) is 17.8. The van der Waals surface area contributed by atoms with Gasteiger partial charge in [0, 0.05) is 12.5 Å². The Morgan fingerprint density at radius 1 is 0.793 bits per heavy atom. The number of ketones is 1. The van der Waals surface area contributed by atoms with Gasteiger partial charge in [-0.25, -0.2) is 0 Å². The van der Waals surface area contributed by atoms with E-state index in [0.29, 0.717) is 6.42 Å². The number of nitrogens with one attached hydrogen (secondary N) is 4. The van der Waals surface area contributed by atoms with E-state index in [1.807, 2.05) is 32.0 Å². The van der Waals surface area contributed by atoms with Crippen molar-refractivity contribution < 1.29 is 19.2 Å². The largest absolute Gasteiger partial charge is 0.347 e. The van der Waals surface area contributed by atoms with Crippen LogP contribution in [0.5, 0.6) is 0 Å². The predicted octanol–water partition coefficient (Wildman–Crippen LogP) is 0.697. The van der Waals surface area contributed by atoms with E-state index in [1.54, 1.807) is 6.92 Å². The van der Waals surface area contributed by atoms with Crippen LogP contribution in [0.2, 0.25) is 0 Å². The van der Waals surface area contributed by atoms with E-state index in [0.717, 1.165) is 6.42 Å². The van der Waals surface area contributed by atoms with Gasteiger partial charge in [0.05, 0.1) is 26.2 Å². The summed E-state index contributed by atoms with van der Waals surface area (Å²) in [5.74, 6) is -1.28. The van der Waals surface area contributed by atoms with E-state index in [9.17, 15) is 19.2 Å². The Morgan fingerprint density at radius 3 is 1.69 bits per heavy atom. The van der Waals surface area contributed by atoms with Gasteiger partial charge in [0.2, 0.25) is 17.7 Å². The normalized spacial score (nSPS) is 10.8. The van der Waals surface area contributed by atoms with Gasteiger partial charge in [-0.1, -0.05) is 49.7 Å². The molecule has 0 bridgehead atoms. The van der Waals surface area contributed by atoms with E-state index < -0.39 is 11.8 Å². The van der Waals surface area contributed by atoms with Crippen LogP contribution in [-0.4, -0.2) is 55.7 Å². The fourth-order valence-electron chi connectivity index (χ4n) is 1.81. The topological polar surface area (TPSA) is 116 Å². The molecule has 1 rings (SSSR count). The van der Waals surface area contributed by atoms with Crippen LogP contribution < -0.4 is 21.3 Å². The van der Waals surface area contributed by atoms with Gasteiger partial charge in [0.25, 0.3) is 0 Å². The Labute approximate surface area is 173 Å². The van der Waals surface area contributed by atoms with E-state index in [2.05, 4.69) is 40.3 Å². The average molecular weight is 407 g/mol. The van der Waals surface area contributed by atoms with Gasteiger partial charge >= 0.3 is 0 Å². The lowest BCUT2D eigenvalue weighted by Gasteiger charge is -2.11. The highest BCUT2D eigenvalue weighted by atomic mass is 16.2. The molecule has 0 aliphatic heterocycles. The summed E-state index contributed by atoms with van der Waals surface area (Å²) < 4.78 is 0. The van der Waals surface area contributed by atoms with Gasteiger partial charge in [0.15, 0.2) is 5.78 Å². The van der Waals surface area contributed by atoms with Crippen molar-refractivity contribution in [2.45, 2.75) is 46.6 Å². The van der Waals surface area contributed by atoms with Crippen molar-refractivity contribution in [3.63, 3.8) is 0 Å². The number of rotatable bonds is 11. The second kappa shape index (κ2) is 16.2. The molecule has 29 heavy (non-hydrogen) atoms. The Balaban J connectivity index is 0.000000929. The molecule has 0 heterocycles. The number of hydrogen-bond acceptors (Lipinski definition) is 5. The maximum absolute atomic E-state index is 11.4. The first kappa shape index (κ1) is 26.3. The molecule has 0 fully saturated rings. The SMILES string of the molecule is CCC(=O)CNC(=O)CNC(=O)CNC(=O)CNC(C)CC.Cc1ccccc1. The smallest absolute Gasteiger partial charge is 0.239 e. The molecule has 1 unspecified atom stereocenters. The summed E-state index contributed by atoms with van der Waals surface area (Å²) in [5.41, 5.74) is 1.32. The highest BCUT2D eigenvalue weighted by Crippen LogP contribution is 1.92. The molecule has 1 aromatic carbocycles. The third-order valence-corrected chi connectivity index (χ3v) is 3.93. The van der Waals surface area contributed by atoms with Crippen LogP contribution in [0.1, 0.15) is 39.2 Å². The molecule has 0 aliphatic carbocycles. The molecule has 8 heteroatoms. The van der Waals surface area contributed by atoms with Gasteiger partial charge < -0.3 is 21.3 Å². The van der Waals surface area contributed by atoms with Crippen molar-refractivity contribution in [1.82, 2.24) is 21.3 Å². The van der Waals surface area contributed by atoms with Crippen LogP contribution in [0.3, 0.4) is 0 Å². The molecule has 0 saturated carbocycles. The summed E-state index contributed by atoms with van der Waals surface area (Å²) in [5, 5.41) is 10.2. The van der Waals surface area contributed by atoms with Gasteiger partial charge in [-0.05, 0) is 20.3 Å². The summed E-state index contributed by atoms with van der Waals surface area (Å²) in [6.07, 6.45) is 1.26. The summed E-state index contributed by atoms with van der Waals surface area (Å²) in [4.78, 5) is 45.2. The molecular formula is C21H34N4O4. The molecule has 1 atom stereocenters. The molecule has 0 radical (unpaired) electrons. The highest BCUT2D eigenvalue weighted by Gasteiger charge is 2.09. The first-order chi connectivity index (χ1) is 13.8. The summed E-state index contributed by atoms with van der Waals surface area (Å²) in [6, 6.07) is 10.5. The molecule has 0 spiro atoms. The molecule has 162 valence electrons. The lowest BCUT2D eigenvalue weighted by Crippen LogP contribution is -2.45. The number of carbonyl (C=O) groups excluding carboxylic acids is 4. The molecule has 1 aromatic rings. The second-order valence-corrected chi connectivity index (χ2v) is 6.57. The first-order valence-corrected chi connectivity index (χ1v) is 9.85. The van der Waals surface area contributed by atoms with Crippen molar-refractivity contribution in [3.05, 3.63) is 35.9 Å². The van der Waals surface area contributed by atoms with E-state index >= 15 is 0 Å². The Kier molecular flexibility index (Phi) is 14.7. The fraction of sp³-hybridized carbons (Fsp3) is 0.524. The molecule has 8 nitrogen and oxygen atoms in total. The maximum atomic E-state index is 11.4. The van der Waals surface area contributed by atoms with Crippen molar-refractivity contribution in [2.24, 2.45) is 0 Å². The van der Waals surface area contributed by atoms with Gasteiger partial charge in [-0.15, -0.1) is 0 Å². The van der Waals surface area contributed by atoms with Crippen LogP contribution in [0, 0.1) is 6.92 Å². The van der Waals surface area contributed by atoms with Crippen molar-refractivity contribution >= 4 is 23.5 Å². The van der Waals surface area contributed by atoms with Crippen LogP contribution in [0.15, 0.2) is 30.3 Å². The van der Waals surface area contributed by atoms with E-state index in [-0.39, 0.29) is 43.9 Å². The average Bonchev–Trinajstić information content (AvgIpc) is 2.73. The Morgan fingerprint density at radius 2 is 1.28 bits per heavy atom. The van der Waals surface area contributed by atoms with Crippen LogP contribution >= 0.6 is 0 Å². The molecule has 4 N–H and O–H groups in total. The number of hydrogen-bond donors (Lipinski definition) is 4.